The fraction of sp³-hybridized carbons (Fsp3) is 0.273. The molecule has 0 saturated heterocycles. The van der Waals surface area contributed by atoms with E-state index >= 15 is 0 Å². The molecule has 0 aliphatic heterocycles. The van der Waals surface area contributed by atoms with Gasteiger partial charge in [-0.1, -0.05) is 56.3 Å². The maximum atomic E-state index is 13.1. The molecule has 1 aromatic heterocycles. The third-order valence-corrected chi connectivity index (χ3v) is 4.03. The van der Waals surface area contributed by atoms with Crippen molar-refractivity contribution in [3.05, 3.63) is 99.3 Å². The average molecular weight is 367 g/mol. The van der Waals surface area contributed by atoms with Crippen molar-refractivity contribution in [2.45, 2.75) is 33.9 Å². The zero-order valence-corrected chi connectivity index (χ0v) is 16.3. The van der Waals surface area contributed by atoms with E-state index in [1.165, 1.54) is 12.1 Å². The first-order valence-electron chi connectivity index (χ1n) is 9.10. The largest absolute Gasteiger partial charge is 0.321 e. The van der Waals surface area contributed by atoms with Crippen molar-refractivity contribution in [3.63, 3.8) is 0 Å². The molecule has 0 aliphatic rings. The molecule has 27 heavy (non-hydrogen) atoms. The van der Waals surface area contributed by atoms with Crippen LogP contribution in [0.25, 0.3) is 0 Å². The van der Waals surface area contributed by atoms with Crippen LogP contribution in [0.4, 0.5) is 4.39 Å². The second-order valence-corrected chi connectivity index (χ2v) is 6.04. The molecule has 3 aromatic rings. The fourth-order valence-electron chi connectivity index (χ4n) is 2.75. The quantitative estimate of drug-likeness (QED) is 0.691. The van der Waals surface area contributed by atoms with E-state index in [1.54, 1.807) is 29.8 Å². The summed E-state index contributed by atoms with van der Waals surface area (Å²) < 4.78 is 16.6. The normalized spacial score (nSPS) is 11.1. The van der Waals surface area contributed by atoms with Gasteiger partial charge >= 0.3 is 0 Å². The van der Waals surface area contributed by atoms with Crippen molar-refractivity contribution in [1.82, 2.24) is 9.13 Å². The van der Waals surface area contributed by atoms with E-state index in [0.29, 0.717) is 24.3 Å². The van der Waals surface area contributed by atoms with Crippen molar-refractivity contribution in [1.29, 1.82) is 0 Å². The minimum Gasteiger partial charge on any atom is -0.321 e. The minimum absolute atomic E-state index is 0.0887. The van der Waals surface area contributed by atoms with Crippen LogP contribution in [-0.4, -0.2) is 9.13 Å². The molecule has 0 amide bonds. The van der Waals surface area contributed by atoms with Gasteiger partial charge in [0.2, 0.25) is 5.62 Å². The second-order valence-electron chi connectivity index (χ2n) is 6.04. The van der Waals surface area contributed by atoms with Crippen LogP contribution in [-0.2, 0) is 20.1 Å². The number of nitrogens with zero attached hydrogens (tertiary/aromatic N) is 3. The summed E-state index contributed by atoms with van der Waals surface area (Å²) in [6.45, 7) is 6.62. The fourth-order valence-corrected chi connectivity index (χ4v) is 2.75. The molecule has 0 unspecified atom stereocenters. The van der Waals surface area contributed by atoms with Gasteiger partial charge in [0.15, 0.2) is 0 Å². The SMILES string of the molecule is CC.Cc1cn(C)c(=NCc2ccccc2)n(Cc2ccc(F)cc2)c1=O. The second kappa shape index (κ2) is 9.67. The molecule has 4 nitrogen and oxygen atoms in total. The summed E-state index contributed by atoms with van der Waals surface area (Å²) in [7, 11) is 1.87. The topological polar surface area (TPSA) is 39.3 Å². The highest BCUT2D eigenvalue weighted by atomic mass is 19.1. The lowest BCUT2D eigenvalue weighted by Crippen LogP contribution is -2.41. The van der Waals surface area contributed by atoms with Crippen LogP contribution < -0.4 is 11.2 Å². The summed E-state index contributed by atoms with van der Waals surface area (Å²) in [4.78, 5) is 17.3. The van der Waals surface area contributed by atoms with Crippen LogP contribution in [0.2, 0.25) is 0 Å². The van der Waals surface area contributed by atoms with E-state index in [9.17, 15) is 9.18 Å². The van der Waals surface area contributed by atoms with Crippen molar-refractivity contribution in [2.24, 2.45) is 12.0 Å². The monoisotopic (exact) mass is 367 g/mol. The summed E-state index contributed by atoms with van der Waals surface area (Å²) >= 11 is 0. The van der Waals surface area contributed by atoms with E-state index in [4.69, 9.17) is 0 Å². The Balaban J connectivity index is 0.00000126. The van der Waals surface area contributed by atoms with Crippen LogP contribution in [0.15, 0.2) is 70.6 Å². The number of aryl methyl sites for hydroxylation is 2. The molecule has 0 aliphatic carbocycles. The van der Waals surface area contributed by atoms with Gasteiger partial charge in [-0.25, -0.2) is 9.38 Å². The molecule has 0 fully saturated rings. The first-order chi connectivity index (χ1) is 13.0. The van der Waals surface area contributed by atoms with Crippen molar-refractivity contribution >= 4 is 0 Å². The minimum atomic E-state index is -0.292. The zero-order chi connectivity index (χ0) is 19.8. The average Bonchev–Trinajstić information content (AvgIpc) is 2.69. The van der Waals surface area contributed by atoms with Gasteiger partial charge in [0.05, 0.1) is 13.1 Å². The lowest BCUT2D eigenvalue weighted by molar-refractivity contribution is 0.597. The Morgan fingerprint density at radius 2 is 1.59 bits per heavy atom. The Bertz CT molecular complexity index is 987. The van der Waals surface area contributed by atoms with Gasteiger partial charge in [-0.05, 0) is 30.2 Å². The van der Waals surface area contributed by atoms with Crippen molar-refractivity contribution < 1.29 is 4.39 Å². The van der Waals surface area contributed by atoms with Gasteiger partial charge in [-0.3, -0.25) is 9.36 Å². The van der Waals surface area contributed by atoms with Crippen LogP contribution in [0.5, 0.6) is 0 Å². The van der Waals surface area contributed by atoms with E-state index in [0.717, 1.165) is 11.1 Å². The molecule has 2 aromatic carbocycles. The number of benzene rings is 2. The van der Waals surface area contributed by atoms with Gasteiger partial charge in [0.25, 0.3) is 5.56 Å². The van der Waals surface area contributed by atoms with Crippen molar-refractivity contribution in [2.75, 3.05) is 0 Å². The van der Waals surface area contributed by atoms with E-state index in [-0.39, 0.29) is 11.4 Å². The summed E-state index contributed by atoms with van der Waals surface area (Å²) in [5.41, 5.74) is 3.07. The molecule has 142 valence electrons. The summed E-state index contributed by atoms with van der Waals surface area (Å²) in [5.74, 6) is -0.292. The van der Waals surface area contributed by atoms with Crippen LogP contribution in [0, 0.1) is 12.7 Å². The smallest absolute Gasteiger partial charge is 0.258 e. The zero-order valence-electron chi connectivity index (χ0n) is 16.3. The molecule has 0 N–H and O–H groups in total. The van der Waals surface area contributed by atoms with Gasteiger partial charge in [0.1, 0.15) is 5.82 Å². The third kappa shape index (κ3) is 5.26. The highest BCUT2D eigenvalue weighted by Crippen LogP contribution is 2.04. The summed E-state index contributed by atoms with van der Waals surface area (Å²) in [5, 5.41) is 0. The maximum Gasteiger partial charge on any atom is 0.258 e. The molecule has 5 heteroatoms. The molecule has 0 atom stereocenters. The van der Waals surface area contributed by atoms with Gasteiger partial charge in [-0.15, -0.1) is 0 Å². The number of hydrogen-bond donors (Lipinski definition) is 0. The highest BCUT2D eigenvalue weighted by molar-refractivity contribution is 5.17. The molecule has 3 rings (SSSR count). The maximum absolute atomic E-state index is 13.1. The third-order valence-electron chi connectivity index (χ3n) is 4.03. The lowest BCUT2D eigenvalue weighted by atomic mass is 10.2. The summed E-state index contributed by atoms with van der Waals surface area (Å²) in [6.07, 6.45) is 1.79. The molecule has 0 bridgehead atoms. The molecule has 0 radical (unpaired) electrons. The van der Waals surface area contributed by atoms with Gasteiger partial charge in [0, 0.05) is 18.8 Å². The Kier molecular flexibility index (Phi) is 7.29. The van der Waals surface area contributed by atoms with Crippen LogP contribution in [0.1, 0.15) is 30.5 Å². The molecule has 1 heterocycles. The number of rotatable bonds is 4. The van der Waals surface area contributed by atoms with Gasteiger partial charge in [-0.2, -0.15) is 0 Å². The van der Waals surface area contributed by atoms with Crippen LogP contribution >= 0.6 is 0 Å². The standard InChI is InChI=1S/C20H20FN3O.C2H6/c1-15-13-23(2)20(22-12-16-6-4-3-5-7-16)24(19(15)25)14-17-8-10-18(21)11-9-17;1-2/h3-11,13H,12,14H2,1-2H3;1-2H3. The molecule has 0 saturated carbocycles. The molecule has 0 spiro atoms. The van der Waals surface area contributed by atoms with E-state index < -0.39 is 0 Å². The lowest BCUT2D eigenvalue weighted by Gasteiger charge is -2.12. The predicted molar refractivity (Wildman–Crippen MR) is 107 cm³/mol. The predicted octanol–water partition coefficient (Wildman–Crippen LogP) is 3.81. The Morgan fingerprint density at radius 3 is 2.22 bits per heavy atom. The Labute approximate surface area is 159 Å². The number of aromatic nitrogens is 2. The first-order valence-corrected chi connectivity index (χ1v) is 9.10. The van der Waals surface area contributed by atoms with Gasteiger partial charge < -0.3 is 4.57 Å². The van der Waals surface area contributed by atoms with Crippen LogP contribution in [0.3, 0.4) is 0 Å². The van der Waals surface area contributed by atoms with E-state index in [2.05, 4.69) is 4.99 Å². The molecular formula is C22H26FN3O. The Hall–Kier alpha value is -2.95. The summed E-state index contributed by atoms with van der Waals surface area (Å²) in [6, 6.07) is 16.1. The molecular weight excluding hydrogens is 341 g/mol. The Morgan fingerprint density at radius 1 is 0.963 bits per heavy atom. The number of hydrogen-bond acceptors (Lipinski definition) is 2. The highest BCUT2D eigenvalue weighted by Gasteiger charge is 2.07. The number of halogens is 1. The first kappa shape index (κ1) is 20.4. The van der Waals surface area contributed by atoms with E-state index in [1.807, 2.05) is 55.8 Å². The van der Waals surface area contributed by atoms with Crippen molar-refractivity contribution in [3.8, 4) is 0 Å².